The van der Waals surface area contributed by atoms with Crippen molar-refractivity contribution in [3.05, 3.63) is 0 Å². The molecule has 0 aromatic heterocycles. The second kappa shape index (κ2) is 19.7. The lowest BCUT2D eigenvalue weighted by Gasteiger charge is -2.63. The average Bonchev–Trinajstić information content (AvgIpc) is 3.50. The van der Waals surface area contributed by atoms with E-state index in [-0.39, 0.29) is 54.5 Å². The first-order valence-corrected chi connectivity index (χ1v) is 28.0. The van der Waals surface area contributed by atoms with Gasteiger partial charge in [-0.1, -0.05) is 46.5 Å². The molecule has 0 radical (unpaired) electrons. The third kappa shape index (κ3) is 11.2. The number of alkyl carbamates (subject to hydrolysis) is 2. The maximum absolute atomic E-state index is 13.4. The van der Waals surface area contributed by atoms with E-state index in [1.54, 1.807) is 0 Å². The fraction of sp³-hybridized carbons (Fsp3) is 0.946. The van der Waals surface area contributed by atoms with Crippen LogP contribution in [0.2, 0.25) is 0 Å². The molecule has 0 heterocycles. The summed E-state index contributed by atoms with van der Waals surface area (Å²) in [6.45, 7) is 7.83. The van der Waals surface area contributed by atoms with Crippen LogP contribution in [0.3, 0.4) is 0 Å². The van der Waals surface area contributed by atoms with Gasteiger partial charge in [0.2, 0.25) is 0 Å². The molecule has 4 fully saturated rings. The molecule has 0 bridgehead atoms. The smallest absolute Gasteiger partial charge is 0.407 e. The van der Waals surface area contributed by atoms with Crippen molar-refractivity contribution in [3.8, 4) is 0 Å². The summed E-state index contributed by atoms with van der Waals surface area (Å²) >= 11 is 0. The molecule has 1 unspecified atom stereocenters. The molecule has 0 aromatic carbocycles. The van der Waals surface area contributed by atoms with Crippen LogP contribution in [-0.2, 0) is 27.7 Å². The molecule has 62 heavy (non-hydrogen) atoms. The molecule has 2 amide bonds. The number of hydrogen-bond donors (Lipinski definition) is 13. The molecular formula is C37H70N2O19P4. The number of fused-ring (bicyclic) bond motifs is 5. The van der Waals surface area contributed by atoms with Crippen molar-refractivity contribution < 1.29 is 91.8 Å². The second-order valence-electron chi connectivity index (χ2n) is 19.1. The van der Waals surface area contributed by atoms with E-state index in [2.05, 4.69) is 31.4 Å². The van der Waals surface area contributed by atoms with Gasteiger partial charge >= 0.3 is 42.6 Å². The van der Waals surface area contributed by atoms with Gasteiger partial charge in [0.05, 0.1) is 5.60 Å². The molecule has 4 aliphatic carbocycles. The summed E-state index contributed by atoms with van der Waals surface area (Å²) in [7, 11) is -22.7. The number of carbonyl (C=O) groups excluding carboxylic acids is 2. The largest absolute Gasteiger partial charge is 0.446 e. The van der Waals surface area contributed by atoms with Crippen LogP contribution >= 0.6 is 30.4 Å². The van der Waals surface area contributed by atoms with Gasteiger partial charge in [-0.2, -0.15) is 0 Å². The highest BCUT2D eigenvalue weighted by molar-refractivity contribution is 7.72. The quantitative estimate of drug-likeness (QED) is 0.0579. The third-order valence-corrected chi connectivity index (χ3v) is 23.0. The number of unbranched alkanes of at least 4 members (excludes halogenated alkanes) is 3. The van der Waals surface area contributed by atoms with Crippen molar-refractivity contribution in [2.24, 2.45) is 40.4 Å². The fourth-order valence-electron chi connectivity index (χ4n) is 11.9. The van der Waals surface area contributed by atoms with E-state index in [4.69, 9.17) is 9.47 Å². The Balaban J connectivity index is 1.50. The summed E-state index contributed by atoms with van der Waals surface area (Å²) in [5.74, 6) is 0.264. The number of carbonyl (C=O) groups is 2. The van der Waals surface area contributed by atoms with E-state index >= 15 is 0 Å². The van der Waals surface area contributed by atoms with Crippen molar-refractivity contribution in [2.75, 3.05) is 13.1 Å². The molecule has 362 valence electrons. The van der Waals surface area contributed by atoms with Gasteiger partial charge in [-0.25, -0.2) is 9.59 Å². The Labute approximate surface area is 362 Å². The van der Waals surface area contributed by atoms with Gasteiger partial charge in [-0.3, -0.25) is 18.3 Å². The van der Waals surface area contributed by atoms with E-state index in [1.807, 2.05) is 6.92 Å². The summed E-state index contributed by atoms with van der Waals surface area (Å²) in [5.41, 5.74) is -1.43. The first-order valence-electron chi connectivity index (χ1n) is 21.6. The maximum atomic E-state index is 13.4. The van der Waals surface area contributed by atoms with Crippen molar-refractivity contribution in [3.63, 3.8) is 0 Å². The Hall–Kier alpha value is -0.980. The van der Waals surface area contributed by atoms with Crippen LogP contribution in [0, 0.1) is 40.4 Å². The van der Waals surface area contributed by atoms with E-state index in [9.17, 15) is 82.3 Å². The predicted octanol–water partition coefficient (Wildman–Crippen LogP) is 4.73. The molecule has 25 heteroatoms. The van der Waals surface area contributed by atoms with Gasteiger partial charge < -0.3 is 74.6 Å². The Kier molecular flexibility index (Phi) is 17.0. The molecule has 4 rings (SSSR count). The Morgan fingerprint density at radius 2 is 1.10 bits per heavy atom. The van der Waals surface area contributed by atoms with Crippen molar-refractivity contribution in [2.45, 2.75) is 165 Å². The van der Waals surface area contributed by atoms with Crippen LogP contribution in [0.4, 0.5) is 9.59 Å². The third-order valence-electron chi connectivity index (χ3n) is 15.2. The molecule has 0 aliphatic heterocycles. The van der Waals surface area contributed by atoms with Crippen molar-refractivity contribution in [1.29, 1.82) is 0 Å². The van der Waals surface area contributed by atoms with Gasteiger partial charge in [0, 0.05) is 31.8 Å². The lowest BCUT2D eigenvalue weighted by molar-refractivity contribution is -0.179. The van der Waals surface area contributed by atoms with Crippen LogP contribution < -0.4 is 10.6 Å². The Bertz CT molecular complexity index is 1740. The summed E-state index contributed by atoms with van der Waals surface area (Å²) in [5, 5.41) is 29.9. The average molecular weight is 971 g/mol. The van der Waals surface area contributed by atoms with Crippen LogP contribution in [0.15, 0.2) is 0 Å². The summed E-state index contributed by atoms with van der Waals surface area (Å²) < 4.78 is 58.9. The highest BCUT2D eigenvalue weighted by Gasteiger charge is 2.65. The van der Waals surface area contributed by atoms with E-state index in [0.717, 1.165) is 51.4 Å². The van der Waals surface area contributed by atoms with Crippen molar-refractivity contribution in [1.82, 2.24) is 10.6 Å². The molecule has 0 saturated heterocycles. The van der Waals surface area contributed by atoms with E-state index in [1.165, 1.54) is 0 Å². The zero-order chi connectivity index (χ0) is 47.0. The Morgan fingerprint density at radius 1 is 0.613 bits per heavy atom. The minimum atomic E-state index is -5.70. The highest BCUT2D eigenvalue weighted by Crippen LogP contribution is 2.71. The first-order chi connectivity index (χ1) is 28.3. The zero-order valence-electron chi connectivity index (χ0n) is 36.0. The fourth-order valence-corrected chi connectivity index (χ4v) is 16.4. The number of amides is 2. The lowest BCUT2D eigenvalue weighted by atomic mass is 9.43. The van der Waals surface area contributed by atoms with Gasteiger partial charge in [-0.05, 0) is 112 Å². The molecular weight excluding hydrogens is 900 g/mol. The molecule has 10 atom stereocenters. The van der Waals surface area contributed by atoms with Crippen LogP contribution in [-0.4, -0.2) is 108 Å². The first kappa shape index (κ1) is 53.6. The molecule has 0 aromatic rings. The Morgan fingerprint density at radius 3 is 1.60 bits per heavy atom. The normalized spacial score (nSPS) is 31.8. The number of hydrogen-bond acceptors (Lipinski definition) is 11. The standard InChI is InChI=1S/C37H70N2O19P4/c1-5-6-7-8-15-35(4,42)30-12-11-26-25-23-29(58-32(41)39-21-10-17-37(44,61(51,52)53)62(54,55)56)28-22-24(13-18-33(28,2)27(25)14-19-34(26,30)3)57-31(40)38-20-9-16-36(43,59(45,46)47)60(48,49)50/h24-30,42-44H,5-23H2,1-4H3,(H,38,40)(H,39,41)(H2,45,46,47)(H2,48,49,50)(H2,51,52,53)(H2,54,55,56)/t24-,25-,26-,27-,28+,29-,30-,33+,34-,35?/m0/s1. The monoisotopic (exact) mass is 970 g/mol. The number of nitrogens with one attached hydrogen (secondary N) is 2. The number of aliphatic hydroxyl groups is 3. The maximum Gasteiger partial charge on any atom is 0.407 e. The van der Waals surface area contributed by atoms with Crippen LogP contribution in [0.5, 0.6) is 0 Å². The van der Waals surface area contributed by atoms with Gasteiger partial charge in [0.25, 0.3) is 10.2 Å². The summed E-state index contributed by atoms with van der Waals surface area (Å²) in [4.78, 5) is 102. The van der Waals surface area contributed by atoms with E-state index in [0.29, 0.717) is 25.7 Å². The zero-order valence-corrected chi connectivity index (χ0v) is 39.5. The van der Waals surface area contributed by atoms with Crippen molar-refractivity contribution >= 4 is 42.6 Å². The highest BCUT2D eigenvalue weighted by atomic mass is 31.2. The topological polar surface area (TPSA) is 367 Å². The van der Waals surface area contributed by atoms with Gasteiger partial charge in [0.15, 0.2) is 0 Å². The van der Waals surface area contributed by atoms with Crippen LogP contribution in [0.25, 0.3) is 0 Å². The molecule has 4 saturated carbocycles. The van der Waals surface area contributed by atoms with Gasteiger partial charge in [-0.15, -0.1) is 0 Å². The molecule has 21 nitrogen and oxygen atoms in total. The summed E-state index contributed by atoms with van der Waals surface area (Å²) in [6.07, 6.45) is 4.04. The number of rotatable bonds is 20. The predicted molar refractivity (Wildman–Crippen MR) is 223 cm³/mol. The van der Waals surface area contributed by atoms with E-state index < -0.39 is 102 Å². The molecule has 0 spiro atoms. The minimum absolute atomic E-state index is 0.0701. The SMILES string of the molecule is CCCCCCC(C)(O)[C@H]1CC[C@H]2[C@@H]3C[C@H](OC(=O)NCCCC(O)(P(=O)(O)O)P(=O)(O)O)[C@H]4C[C@@H](OC(=O)NCCCC(O)(P(=O)(O)O)P(=O)(O)O)CC[C@]4(C)[C@H]3CC[C@]12C. The second-order valence-corrected chi connectivity index (χ2v) is 27.1. The van der Waals surface area contributed by atoms with Crippen LogP contribution in [0.1, 0.15) is 137 Å². The minimum Gasteiger partial charge on any atom is -0.446 e. The number of ether oxygens (including phenoxy) is 2. The lowest BCUT2D eigenvalue weighted by Crippen LogP contribution is -2.60. The molecule has 13 N–H and O–H groups in total. The summed E-state index contributed by atoms with van der Waals surface area (Å²) in [6, 6.07) is 0. The van der Waals surface area contributed by atoms with Gasteiger partial charge in [0.1, 0.15) is 12.2 Å². The molecule has 4 aliphatic rings.